The maximum absolute atomic E-state index is 13.3. The second kappa shape index (κ2) is 18.3. The summed E-state index contributed by atoms with van der Waals surface area (Å²) >= 11 is 0. The first-order chi connectivity index (χ1) is 20.1. The maximum atomic E-state index is 13.3. The van der Waals surface area contributed by atoms with Crippen LogP contribution in [0.25, 0.3) is 0 Å². The Hall–Kier alpha value is -4.24. The lowest BCUT2D eigenvalue weighted by Gasteiger charge is -2.28. The number of aliphatic hydroxyl groups excluding tert-OH is 1. The lowest BCUT2D eigenvalue weighted by Crippen LogP contribution is -2.61. The highest BCUT2D eigenvalue weighted by Crippen LogP contribution is 2.09. The lowest BCUT2D eigenvalue weighted by molar-refractivity contribution is -0.142. The van der Waals surface area contributed by atoms with Crippen molar-refractivity contribution < 1.29 is 34.2 Å². The van der Waals surface area contributed by atoms with Crippen LogP contribution >= 0.6 is 0 Å². The molecule has 4 amide bonds. The largest absolute Gasteiger partial charge is 0.480 e. The van der Waals surface area contributed by atoms with Crippen LogP contribution in [-0.4, -0.2) is 88.6 Å². The highest BCUT2D eigenvalue weighted by atomic mass is 16.4. The third-order valence-electron chi connectivity index (χ3n) is 6.35. The van der Waals surface area contributed by atoms with Gasteiger partial charge < -0.3 is 48.7 Å². The van der Waals surface area contributed by atoms with Gasteiger partial charge in [0.05, 0.1) is 12.1 Å². The molecule has 0 aliphatic carbocycles. The van der Waals surface area contributed by atoms with E-state index in [0.29, 0.717) is 12.0 Å². The van der Waals surface area contributed by atoms with E-state index in [1.807, 2.05) is 13.8 Å². The third-order valence-corrected chi connectivity index (χ3v) is 6.35. The van der Waals surface area contributed by atoms with E-state index in [-0.39, 0.29) is 37.7 Å². The molecule has 12 N–H and O–H groups in total. The molecule has 0 radical (unpaired) electrons. The maximum Gasteiger partial charge on any atom is 0.325 e. The Balaban J connectivity index is 3.05. The molecule has 0 spiro atoms. The summed E-state index contributed by atoms with van der Waals surface area (Å²) in [6.45, 7) is 6.52. The van der Waals surface area contributed by atoms with Crippen LogP contribution in [-0.2, 0) is 30.4 Å². The topological polar surface area (TPSA) is 264 Å². The van der Waals surface area contributed by atoms with Crippen molar-refractivity contribution in [2.75, 3.05) is 6.54 Å². The summed E-state index contributed by atoms with van der Waals surface area (Å²) in [5.41, 5.74) is 17.2. The highest BCUT2D eigenvalue weighted by Gasteiger charge is 2.33. The fraction of sp³-hybridized carbons (Fsp3) is 0.571. The number of hydrogen-bond donors (Lipinski definition) is 9. The monoisotopic (exact) mass is 606 g/mol. The first kappa shape index (κ1) is 36.8. The summed E-state index contributed by atoms with van der Waals surface area (Å²) in [5, 5.41) is 29.5. The van der Waals surface area contributed by atoms with E-state index in [1.54, 1.807) is 30.3 Å². The van der Waals surface area contributed by atoms with E-state index in [4.69, 9.17) is 17.2 Å². The number of hydrogen-bond acceptors (Lipinski definition) is 8. The Labute approximate surface area is 251 Å². The van der Waals surface area contributed by atoms with Crippen LogP contribution in [0.1, 0.15) is 52.5 Å². The van der Waals surface area contributed by atoms with Gasteiger partial charge in [-0.05, 0) is 44.6 Å². The van der Waals surface area contributed by atoms with Gasteiger partial charge >= 0.3 is 5.97 Å². The van der Waals surface area contributed by atoms with Crippen molar-refractivity contribution in [1.29, 1.82) is 0 Å². The number of rotatable bonds is 18. The van der Waals surface area contributed by atoms with E-state index in [2.05, 4.69) is 26.3 Å². The predicted octanol–water partition coefficient (Wildman–Crippen LogP) is -1.92. The Morgan fingerprint density at radius 2 is 1.42 bits per heavy atom. The van der Waals surface area contributed by atoms with Gasteiger partial charge in [0.25, 0.3) is 0 Å². The average molecular weight is 607 g/mol. The van der Waals surface area contributed by atoms with E-state index in [1.165, 1.54) is 13.8 Å². The van der Waals surface area contributed by atoms with Crippen LogP contribution in [0.3, 0.4) is 0 Å². The van der Waals surface area contributed by atoms with E-state index in [0.717, 1.165) is 0 Å². The number of nitrogens with two attached hydrogens (primary N) is 3. The molecule has 240 valence electrons. The molecule has 0 aromatic heterocycles. The Morgan fingerprint density at radius 1 is 0.837 bits per heavy atom. The van der Waals surface area contributed by atoms with Gasteiger partial charge in [0.1, 0.15) is 24.2 Å². The molecule has 1 rings (SSSR count). The molecule has 0 heterocycles. The number of aliphatic hydroxyl groups is 1. The molecule has 0 saturated carbocycles. The number of nitrogens with one attached hydrogen (secondary N) is 4. The van der Waals surface area contributed by atoms with Gasteiger partial charge in [-0.25, -0.2) is 0 Å². The van der Waals surface area contributed by atoms with Crippen LogP contribution in [0, 0.1) is 5.92 Å². The molecule has 1 aromatic carbocycles. The number of amides is 4. The van der Waals surface area contributed by atoms with Gasteiger partial charge in [-0.3, -0.25) is 29.0 Å². The number of guanidine groups is 1. The second-order valence-corrected chi connectivity index (χ2v) is 10.8. The quantitative estimate of drug-likeness (QED) is 0.0508. The zero-order chi connectivity index (χ0) is 32.7. The van der Waals surface area contributed by atoms with Crippen molar-refractivity contribution in [3.63, 3.8) is 0 Å². The molecule has 15 heteroatoms. The summed E-state index contributed by atoms with van der Waals surface area (Å²) < 4.78 is 0. The molecule has 15 nitrogen and oxygen atoms in total. The number of aliphatic imine (C=N–C) groups is 1. The zero-order valence-electron chi connectivity index (χ0n) is 25.1. The molecule has 0 aliphatic heterocycles. The average Bonchev–Trinajstić information content (AvgIpc) is 2.92. The lowest BCUT2D eigenvalue weighted by atomic mass is 10.0. The Kier molecular flexibility index (Phi) is 15.7. The number of benzene rings is 1. The van der Waals surface area contributed by atoms with Gasteiger partial charge in [0.15, 0.2) is 5.96 Å². The Morgan fingerprint density at radius 3 is 1.95 bits per heavy atom. The summed E-state index contributed by atoms with van der Waals surface area (Å²) in [6.07, 6.45) is -0.490. The smallest absolute Gasteiger partial charge is 0.325 e. The molecular formula is C28H46N8O7. The number of aliphatic carboxylic acids is 1. The van der Waals surface area contributed by atoms with Crippen molar-refractivity contribution in [1.82, 2.24) is 21.3 Å². The van der Waals surface area contributed by atoms with E-state index >= 15 is 0 Å². The predicted molar refractivity (Wildman–Crippen MR) is 160 cm³/mol. The van der Waals surface area contributed by atoms with Gasteiger partial charge in [-0.15, -0.1) is 0 Å². The van der Waals surface area contributed by atoms with Crippen molar-refractivity contribution in [2.24, 2.45) is 28.1 Å². The van der Waals surface area contributed by atoms with Crippen LogP contribution in [0.2, 0.25) is 0 Å². The number of carboxylic acids is 1. The number of carboxylic acid groups (broad SMARTS) is 1. The van der Waals surface area contributed by atoms with Crippen molar-refractivity contribution >= 4 is 35.6 Å². The first-order valence-electron chi connectivity index (χ1n) is 14.1. The number of carbonyl (C=O) groups is 5. The Bertz CT molecular complexity index is 1110. The molecule has 0 unspecified atom stereocenters. The molecule has 0 aliphatic rings. The zero-order valence-corrected chi connectivity index (χ0v) is 25.1. The van der Waals surface area contributed by atoms with Crippen LogP contribution in [0.4, 0.5) is 0 Å². The minimum absolute atomic E-state index is 0.0122. The molecule has 1 aromatic rings. The fourth-order valence-electron chi connectivity index (χ4n) is 3.99. The number of nitrogens with zero attached hydrogens (tertiary/aromatic N) is 1. The molecule has 43 heavy (non-hydrogen) atoms. The minimum atomic E-state index is -1.50. The van der Waals surface area contributed by atoms with Gasteiger partial charge in [0.2, 0.25) is 23.6 Å². The molecular weight excluding hydrogens is 560 g/mol. The second-order valence-electron chi connectivity index (χ2n) is 10.8. The molecule has 6 atom stereocenters. The first-order valence-corrected chi connectivity index (χ1v) is 14.1. The van der Waals surface area contributed by atoms with Gasteiger partial charge in [-0.1, -0.05) is 44.2 Å². The van der Waals surface area contributed by atoms with Crippen molar-refractivity contribution in [3.8, 4) is 0 Å². The van der Waals surface area contributed by atoms with Crippen LogP contribution < -0.4 is 38.5 Å². The van der Waals surface area contributed by atoms with Crippen LogP contribution in [0.15, 0.2) is 35.3 Å². The summed E-state index contributed by atoms with van der Waals surface area (Å²) in [6, 6.07) is 2.73. The third kappa shape index (κ3) is 14.0. The molecule has 0 bridgehead atoms. The summed E-state index contributed by atoms with van der Waals surface area (Å²) in [5.74, 6) is -4.35. The summed E-state index contributed by atoms with van der Waals surface area (Å²) in [7, 11) is 0. The van der Waals surface area contributed by atoms with Gasteiger partial charge in [-0.2, -0.15) is 0 Å². The van der Waals surface area contributed by atoms with E-state index in [9.17, 15) is 34.2 Å². The van der Waals surface area contributed by atoms with Crippen molar-refractivity contribution in [3.05, 3.63) is 35.9 Å². The standard InChI is InChI=1S/C28H46N8O7/c1-15(2)13-20(34-23(38)19(29)11-8-12-32-28(30)31)25(40)36-22(17(4)37)26(41)35-21(14-18-9-6-5-7-10-18)24(39)33-16(3)27(42)43/h5-7,9-10,15-17,19-22,37H,8,11-14,29H2,1-4H3,(H,33,39)(H,34,38)(H,35,41)(H,36,40)(H,42,43)(H4,30,31,32)/t16-,17+,19-,20-,21-,22-/m0/s1. The van der Waals surface area contributed by atoms with E-state index < -0.39 is 65.9 Å². The highest BCUT2D eigenvalue weighted by molar-refractivity contribution is 5.95. The van der Waals surface area contributed by atoms with Crippen LogP contribution in [0.5, 0.6) is 0 Å². The number of carbonyl (C=O) groups excluding carboxylic acids is 4. The fourth-order valence-corrected chi connectivity index (χ4v) is 3.99. The van der Waals surface area contributed by atoms with Crippen molar-refractivity contribution in [2.45, 2.75) is 89.7 Å². The normalized spacial score (nSPS) is 15.1. The molecule has 0 saturated heterocycles. The van der Waals surface area contributed by atoms with Gasteiger partial charge in [0, 0.05) is 13.0 Å². The summed E-state index contributed by atoms with van der Waals surface area (Å²) in [4.78, 5) is 67.3. The SMILES string of the molecule is CC(C)C[C@H](NC(=O)[C@@H](N)CCCN=C(N)N)C(=O)N[C@H](C(=O)N[C@@H](Cc1ccccc1)C(=O)N[C@@H](C)C(=O)O)[C@@H](C)O. The minimum Gasteiger partial charge on any atom is -0.480 e. The molecule has 0 fully saturated rings.